The summed E-state index contributed by atoms with van der Waals surface area (Å²) >= 11 is 0. The summed E-state index contributed by atoms with van der Waals surface area (Å²) < 4.78 is 47.0. The largest absolute Gasteiger partial charge is 0.438 e. The number of hydrogen-bond acceptors (Lipinski definition) is 5. The average molecular weight is 531 g/mol. The lowest BCUT2D eigenvalue weighted by Crippen LogP contribution is -2.40. The third kappa shape index (κ3) is 4.95. The molecule has 3 amide bonds. The number of amides is 3. The van der Waals surface area contributed by atoms with Gasteiger partial charge in [-0.15, -0.1) is 0 Å². The Morgan fingerprint density at radius 2 is 1.97 bits per heavy atom. The fraction of sp³-hybridized carbons (Fsp3) is 0.538. The lowest BCUT2D eigenvalue weighted by molar-refractivity contribution is -0.149. The summed E-state index contributed by atoms with van der Waals surface area (Å²) in [6, 6.07) is 2.12. The molecule has 3 aliphatic rings. The van der Waals surface area contributed by atoms with Gasteiger partial charge in [0.25, 0.3) is 5.91 Å². The number of rotatable bonds is 9. The van der Waals surface area contributed by atoms with Crippen molar-refractivity contribution in [3.8, 4) is 0 Å². The van der Waals surface area contributed by atoms with Gasteiger partial charge in [0.05, 0.1) is 18.3 Å². The molecule has 0 spiro atoms. The molecule has 9 nitrogen and oxygen atoms in total. The monoisotopic (exact) mass is 530 g/mol. The number of aryl methyl sites for hydroxylation is 1. The highest BCUT2D eigenvalue weighted by Crippen LogP contribution is 2.54. The quantitative estimate of drug-likeness (QED) is 0.427. The molecule has 2 saturated carbocycles. The van der Waals surface area contributed by atoms with Crippen molar-refractivity contribution in [2.75, 3.05) is 6.54 Å². The van der Waals surface area contributed by atoms with Gasteiger partial charge < -0.3 is 20.0 Å². The van der Waals surface area contributed by atoms with Crippen LogP contribution >= 0.6 is 0 Å². The third-order valence-electron chi connectivity index (χ3n) is 7.71. The number of alkyl halides is 3. The van der Waals surface area contributed by atoms with Crippen molar-refractivity contribution in [3.05, 3.63) is 47.6 Å². The molecular formula is C26H29F3N6O3. The first kappa shape index (κ1) is 24.7. The molecule has 3 aromatic rings. The van der Waals surface area contributed by atoms with E-state index >= 15 is 0 Å². The van der Waals surface area contributed by atoms with Crippen molar-refractivity contribution in [3.63, 3.8) is 0 Å². The number of oxazole rings is 1. The van der Waals surface area contributed by atoms with Crippen LogP contribution in [0.15, 0.2) is 35.0 Å². The maximum Gasteiger partial charge on any atom is 0.410 e. The van der Waals surface area contributed by atoms with Crippen molar-refractivity contribution in [1.82, 2.24) is 30.3 Å². The second kappa shape index (κ2) is 9.32. The number of fused-ring (bicyclic) bond motifs is 1. The highest BCUT2D eigenvalue weighted by Gasteiger charge is 2.48. The molecule has 12 heteroatoms. The minimum absolute atomic E-state index is 0.0188. The molecule has 202 valence electrons. The minimum Gasteiger partial charge on any atom is -0.438 e. The van der Waals surface area contributed by atoms with E-state index in [0.29, 0.717) is 46.5 Å². The zero-order valence-corrected chi connectivity index (χ0v) is 20.9. The predicted octanol–water partition coefficient (Wildman–Crippen LogP) is 4.41. The molecule has 2 aliphatic carbocycles. The van der Waals surface area contributed by atoms with E-state index in [-0.39, 0.29) is 18.4 Å². The second-order valence-corrected chi connectivity index (χ2v) is 10.6. The number of hydrogen-bond donors (Lipinski definition) is 2. The number of carbonyl (C=O) groups excluding carboxylic acids is 2. The van der Waals surface area contributed by atoms with Gasteiger partial charge in [-0.3, -0.25) is 9.48 Å². The Kier molecular flexibility index (Phi) is 6.07. The van der Waals surface area contributed by atoms with Gasteiger partial charge in [-0.2, -0.15) is 18.3 Å². The highest BCUT2D eigenvalue weighted by atomic mass is 19.4. The molecule has 6 rings (SSSR count). The van der Waals surface area contributed by atoms with Gasteiger partial charge in [0, 0.05) is 19.3 Å². The van der Waals surface area contributed by atoms with Crippen LogP contribution in [-0.4, -0.2) is 50.4 Å². The first-order valence-electron chi connectivity index (χ1n) is 13.0. The van der Waals surface area contributed by atoms with E-state index in [1.807, 2.05) is 12.2 Å². The van der Waals surface area contributed by atoms with Crippen molar-refractivity contribution >= 4 is 23.0 Å². The Hall–Kier alpha value is -3.57. The molecule has 2 aromatic heterocycles. The van der Waals surface area contributed by atoms with Crippen molar-refractivity contribution in [1.29, 1.82) is 0 Å². The molecule has 1 saturated heterocycles. The predicted molar refractivity (Wildman–Crippen MR) is 130 cm³/mol. The van der Waals surface area contributed by atoms with Gasteiger partial charge in [-0.25, -0.2) is 9.78 Å². The lowest BCUT2D eigenvalue weighted by Gasteiger charge is -2.25. The van der Waals surface area contributed by atoms with Gasteiger partial charge in [0.2, 0.25) is 5.89 Å². The number of nitrogens with zero attached hydrogens (tertiary/aromatic N) is 4. The van der Waals surface area contributed by atoms with E-state index in [4.69, 9.17) is 9.40 Å². The summed E-state index contributed by atoms with van der Waals surface area (Å²) in [6.45, 7) is 2.18. The van der Waals surface area contributed by atoms with Gasteiger partial charge in [-0.1, -0.05) is 6.07 Å². The van der Waals surface area contributed by atoms with Gasteiger partial charge in [-0.05, 0) is 68.1 Å². The second-order valence-electron chi connectivity index (χ2n) is 10.6. The van der Waals surface area contributed by atoms with Crippen LogP contribution in [0.5, 0.6) is 0 Å². The number of urea groups is 1. The first-order chi connectivity index (χ1) is 18.2. The van der Waals surface area contributed by atoms with Crippen molar-refractivity contribution in [2.45, 2.75) is 64.0 Å². The Morgan fingerprint density at radius 3 is 2.58 bits per heavy atom. The molecule has 0 radical (unpaired) electrons. The van der Waals surface area contributed by atoms with Crippen LogP contribution in [0.3, 0.4) is 0 Å². The standard InChI is InChI=1S/C26H29F3N6O3/c1-2-35-12-17(10-30-35)23(36)33-22(21(15-4-5-15)16-6-7-16)24-31-18-9-14(3-8-19(18)38-24)11-34-13-20(26(27,28)29)32-25(34)37/h3,8-10,12,15-16,20-22H,2,4-7,11,13H2,1H3,(H,32,37)(H,33,36). The average Bonchev–Trinajstić information content (AvgIpc) is 3.76. The zero-order valence-electron chi connectivity index (χ0n) is 20.9. The van der Waals surface area contributed by atoms with E-state index in [9.17, 15) is 22.8 Å². The SMILES string of the molecule is CCn1cc(C(=O)NC(c2nc3cc(CN4CC(C(F)(F)F)NC4=O)ccc3o2)C(C2CC2)C2CC2)cn1. The molecule has 38 heavy (non-hydrogen) atoms. The van der Waals surface area contributed by atoms with E-state index in [0.717, 1.165) is 30.6 Å². The number of halogens is 3. The van der Waals surface area contributed by atoms with Crippen LogP contribution in [-0.2, 0) is 13.1 Å². The maximum absolute atomic E-state index is 13.2. The third-order valence-corrected chi connectivity index (χ3v) is 7.71. The Bertz CT molecular complexity index is 1350. The molecule has 1 aromatic carbocycles. The van der Waals surface area contributed by atoms with Crippen LogP contribution in [0.25, 0.3) is 11.1 Å². The molecule has 2 unspecified atom stereocenters. The van der Waals surface area contributed by atoms with E-state index in [1.54, 1.807) is 35.3 Å². The first-order valence-corrected chi connectivity index (χ1v) is 13.0. The van der Waals surface area contributed by atoms with Crippen molar-refractivity contribution < 1.29 is 27.2 Å². The van der Waals surface area contributed by atoms with Crippen LogP contribution in [0.4, 0.5) is 18.0 Å². The fourth-order valence-electron chi connectivity index (χ4n) is 5.45. The Morgan fingerprint density at radius 1 is 1.24 bits per heavy atom. The number of nitrogens with one attached hydrogen (secondary N) is 2. The lowest BCUT2D eigenvalue weighted by atomic mass is 9.89. The Balaban J connectivity index is 1.25. The number of benzene rings is 1. The fourth-order valence-corrected chi connectivity index (χ4v) is 5.45. The molecule has 1 aliphatic heterocycles. The van der Waals surface area contributed by atoms with Gasteiger partial charge >= 0.3 is 12.2 Å². The van der Waals surface area contributed by atoms with Crippen LogP contribution in [0, 0.1) is 17.8 Å². The van der Waals surface area contributed by atoms with Crippen LogP contribution in [0.2, 0.25) is 0 Å². The molecular weight excluding hydrogens is 501 g/mol. The number of carbonyl (C=O) groups is 2. The van der Waals surface area contributed by atoms with E-state index in [1.165, 1.54) is 0 Å². The van der Waals surface area contributed by atoms with Gasteiger partial charge in [0.15, 0.2) is 5.58 Å². The molecule has 2 N–H and O–H groups in total. The van der Waals surface area contributed by atoms with Gasteiger partial charge in [0.1, 0.15) is 17.6 Å². The molecule has 2 atom stereocenters. The summed E-state index contributed by atoms with van der Waals surface area (Å²) in [4.78, 5) is 31.1. The maximum atomic E-state index is 13.2. The summed E-state index contributed by atoms with van der Waals surface area (Å²) in [5.74, 6) is 1.43. The van der Waals surface area contributed by atoms with E-state index in [2.05, 4.69) is 10.4 Å². The number of aromatic nitrogens is 3. The normalized spacial score (nSPS) is 20.8. The van der Waals surface area contributed by atoms with Crippen LogP contribution < -0.4 is 10.6 Å². The van der Waals surface area contributed by atoms with Crippen LogP contribution in [0.1, 0.15) is 60.5 Å². The summed E-state index contributed by atoms with van der Waals surface area (Å²) in [6.07, 6.45) is 3.22. The minimum atomic E-state index is -4.50. The van der Waals surface area contributed by atoms with Crippen molar-refractivity contribution in [2.24, 2.45) is 17.8 Å². The summed E-state index contributed by atoms with van der Waals surface area (Å²) in [7, 11) is 0. The summed E-state index contributed by atoms with van der Waals surface area (Å²) in [5.41, 5.74) is 2.17. The zero-order chi connectivity index (χ0) is 26.6. The smallest absolute Gasteiger partial charge is 0.410 e. The molecule has 3 fully saturated rings. The van der Waals surface area contributed by atoms with E-state index < -0.39 is 30.8 Å². The summed E-state index contributed by atoms with van der Waals surface area (Å²) in [5, 5.41) is 9.36. The molecule has 3 heterocycles. The highest BCUT2D eigenvalue weighted by molar-refractivity contribution is 5.94. The molecule has 0 bridgehead atoms. The Labute approximate surface area is 216 Å². The topological polar surface area (TPSA) is 105 Å².